The molecule has 0 rings (SSSR count). The first-order valence-corrected chi connectivity index (χ1v) is 7.80. The standard InChI is InChI=1S/C12H17F3IN3/c1-7(12(14,15)16-5)6-8(2)18-11(17)19-10(4)9(3)13/h7H,2-6H2,1H3,(H3,17,18,19). The highest BCUT2D eigenvalue weighted by Gasteiger charge is 2.33. The van der Waals surface area contributed by atoms with Crippen molar-refractivity contribution < 1.29 is 13.2 Å². The number of halogens is 4. The number of hydrogen-bond donors (Lipinski definition) is 2. The van der Waals surface area contributed by atoms with Gasteiger partial charge in [-0.3, -0.25) is 0 Å². The van der Waals surface area contributed by atoms with Gasteiger partial charge in [-0.05, 0) is 6.42 Å². The van der Waals surface area contributed by atoms with Crippen LogP contribution in [0.5, 0.6) is 0 Å². The molecule has 0 aliphatic carbocycles. The zero-order valence-electron chi connectivity index (χ0n) is 10.6. The Kier molecular flexibility index (Phi) is 7.02. The summed E-state index contributed by atoms with van der Waals surface area (Å²) >= 11 is -1.44. The lowest BCUT2D eigenvalue weighted by Gasteiger charge is -2.20. The van der Waals surface area contributed by atoms with Crippen LogP contribution in [0, 0.1) is 5.92 Å². The first kappa shape index (κ1) is 17.9. The highest BCUT2D eigenvalue weighted by atomic mass is 127. The number of guanidine groups is 1. The topological polar surface area (TPSA) is 50.4 Å². The van der Waals surface area contributed by atoms with Crippen molar-refractivity contribution in [1.82, 2.24) is 5.32 Å². The largest absolute Gasteiger partial charge is 0.369 e. The van der Waals surface area contributed by atoms with E-state index >= 15 is 0 Å². The first-order valence-electron chi connectivity index (χ1n) is 5.20. The van der Waals surface area contributed by atoms with Crippen molar-refractivity contribution in [3.63, 3.8) is 0 Å². The molecule has 7 heteroatoms. The quantitative estimate of drug-likeness (QED) is 0.231. The van der Waals surface area contributed by atoms with E-state index in [0.717, 1.165) is 0 Å². The Bertz CT molecular complexity index is 430. The van der Waals surface area contributed by atoms with Gasteiger partial charge in [-0.2, -0.15) is 8.78 Å². The highest BCUT2D eigenvalue weighted by molar-refractivity contribution is 14.2. The summed E-state index contributed by atoms with van der Waals surface area (Å²) in [6, 6.07) is 0. The third kappa shape index (κ3) is 6.55. The van der Waals surface area contributed by atoms with Crippen LogP contribution in [-0.4, -0.2) is 14.4 Å². The van der Waals surface area contributed by atoms with E-state index in [-0.39, 0.29) is 23.8 Å². The van der Waals surface area contributed by atoms with Gasteiger partial charge in [0.15, 0.2) is 5.96 Å². The van der Waals surface area contributed by atoms with Crippen molar-refractivity contribution >= 4 is 31.2 Å². The predicted molar refractivity (Wildman–Crippen MR) is 83.2 cm³/mol. The maximum Gasteiger partial charge on any atom is 0.294 e. The second-order valence-corrected chi connectivity index (χ2v) is 6.06. The Morgan fingerprint density at radius 3 is 2.37 bits per heavy atom. The molecule has 0 aromatic rings. The summed E-state index contributed by atoms with van der Waals surface area (Å²) in [5.41, 5.74) is 5.48. The molecule has 0 aliphatic heterocycles. The number of nitrogens with one attached hydrogen (secondary N) is 1. The Morgan fingerprint density at radius 1 is 1.42 bits per heavy atom. The molecule has 0 amide bonds. The van der Waals surface area contributed by atoms with Gasteiger partial charge in [-0.25, -0.2) is 9.38 Å². The fourth-order valence-corrected chi connectivity index (χ4v) is 2.06. The predicted octanol–water partition coefficient (Wildman–Crippen LogP) is 3.42. The van der Waals surface area contributed by atoms with Gasteiger partial charge in [0.2, 0.25) is 0 Å². The van der Waals surface area contributed by atoms with Gasteiger partial charge in [-0.15, -0.1) is 0 Å². The molecule has 0 saturated carbocycles. The molecule has 0 aliphatic rings. The summed E-state index contributed by atoms with van der Waals surface area (Å²) in [5, 5.41) is 2.52. The van der Waals surface area contributed by atoms with Gasteiger partial charge in [0, 0.05) is 11.6 Å². The number of nitrogens with two attached hydrogens (primary N) is 1. The maximum atomic E-state index is 13.3. The monoisotopic (exact) mass is 387 g/mol. The van der Waals surface area contributed by atoms with Crippen LogP contribution >= 0.6 is 20.7 Å². The second-order valence-electron chi connectivity index (χ2n) is 3.86. The van der Waals surface area contributed by atoms with Crippen molar-refractivity contribution in [3.05, 3.63) is 37.0 Å². The van der Waals surface area contributed by atoms with Crippen molar-refractivity contribution in [2.75, 3.05) is 0 Å². The first-order chi connectivity index (χ1) is 8.60. The van der Waals surface area contributed by atoms with E-state index in [0.29, 0.717) is 0 Å². The molecule has 0 spiro atoms. The van der Waals surface area contributed by atoms with E-state index in [4.69, 9.17) is 5.73 Å². The van der Waals surface area contributed by atoms with Crippen LogP contribution in [0.25, 0.3) is 0 Å². The molecular weight excluding hydrogens is 370 g/mol. The summed E-state index contributed by atoms with van der Waals surface area (Å²) in [4.78, 5) is 3.57. The van der Waals surface area contributed by atoms with Gasteiger partial charge in [0.1, 0.15) is 5.83 Å². The molecule has 0 bridgehead atoms. The zero-order valence-corrected chi connectivity index (χ0v) is 12.8. The molecule has 1 atom stereocenters. The van der Waals surface area contributed by atoms with Gasteiger partial charge in [0.25, 0.3) is 3.93 Å². The fraction of sp³-hybridized carbons (Fsp3) is 0.333. The molecule has 1 unspecified atom stereocenters. The molecule has 0 aromatic carbocycles. The van der Waals surface area contributed by atoms with Crippen LogP contribution in [0.3, 0.4) is 0 Å². The Morgan fingerprint density at radius 2 is 1.95 bits per heavy atom. The smallest absolute Gasteiger partial charge is 0.294 e. The number of aliphatic imine (C=N–C) groups is 1. The van der Waals surface area contributed by atoms with Crippen molar-refractivity contribution in [1.29, 1.82) is 0 Å². The third-order valence-corrected chi connectivity index (χ3v) is 4.24. The van der Waals surface area contributed by atoms with Crippen LogP contribution in [0.15, 0.2) is 42.0 Å². The molecule has 19 heavy (non-hydrogen) atoms. The van der Waals surface area contributed by atoms with Gasteiger partial charge >= 0.3 is 0 Å². The molecule has 0 fully saturated rings. The number of rotatable bonds is 7. The molecule has 0 radical (unpaired) electrons. The third-order valence-electron chi connectivity index (χ3n) is 2.16. The summed E-state index contributed by atoms with van der Waals surface area (Å²) in [6.45, 7) is 11.3. The minimum atomic E-state index is -2.77. The highest BCUT2D eigenvalue weighted by Crippen LogP contribution is 2.37. The number of nitrogens with zero attached hydrogens (tertiary/aromatic N) is 1. The van der Waals surface area contributed by atoms with Crippen LogP contribution in [-0.2, 0) is 0 Å². The lowest BCUT2D eigenvalue weighted by Crippen LogP contribution is -2.32. The van der Waals surface area contributed by atoms with Crippen molar-refractivity contribution in [3.8, 4) is 0 Å². The normalized spacial score (nSPS) is 13.8. The molecular formula is C12H17F3IN3. The average molecular weight is 387 g/mol. The molecule has 0 heterocycles. The number of alkyl halides is 3. The molecule has 108 valence electrons. The van der Waals surface area contributed by atoms with E-state index < -0.39 is 36.4 Å². The van der Waals surface area contributed by atoms with Gasteiger partial charge in [0.05, 0.1) is 5.70 Å². The van der Waals surface area contributed by atoms with Crippen molar-refractivity contribution in [2.24, 2.45) is 16.6 Å². The molecule has 3 nitrogen and oxygen atoms in total. The lowest BCUT2D eigenvalue weighted by molar-refractivity contribution is 0.0658. The van der Waals surface area contributed by atoms with Crippen LogP contribution < -0.4 is 11.1 Å². The SMILES string of the molecule is C=IC(F)(F)C(C)CC(=C)NC(N)=NC(=C)C(=C)F. The minimum absolute atomic E-state index is 0.0154. The lowest BCUT2D eigenvalue weighted by atomic mass is 10.1. The van der Waals surface area contributed by atoms with E-state index in [1.807, 2.05) is 0 Å². The maximum absolute atomic E-state index is 13.3. The summed E-state index contributed by atoms with van der Waals surface area (Å²) in [7, 11) is 0. The van der Waals surface area contributed by atoms with E-state index in [1.165, 1.54) is 6.92 Å². The van der Waals surface area contributed by atoms with Crippen molar-refractivity contribution in [2.45, 2.75) is 17.3 Å². The Balaban J connectivity index is 4.52. The summed E-state index contributed by atoms with van der Waals surface area (Å²) < 4.78 is 39.8. The second kappa shape index (κ2) is 7.46. The van der Waals surface area contributed by atoms with Crippen LogP contribution in [0.1, 0.15) is 13.3 Å². The Hall–Kier alpha value is -1.12. The zero-order chi connectivity index (χ0) is 15.2. The average Bonchev–Trinajstić information content (AvgIpc) is 2.27. The van der Waals surface area contributed by atoms with E-state index in [9.17, 15) is 13.2 Å². The fourth-order valence-electron chi connectivity index (χ4n) is 1.08. The van der Waals surface area contributed by atoms with E-state index in [1.54, 1.807) is 0 Å². The van der Waals surface area contributed by atoms with Crippen LogP contribution in [0.4, 0.5) is 13.2 Å². The molecule has 0 aromatic heterocycles. The number of allylic oxidation sites excluding steroid dienone is 2. The summed E-state index contributed by atoms with van der Waals surface area (Å²) in [5.74, 6) is -1.89. The van der Waals surface area contributed by atoms with Gasteiger partial charge in [-0.1, -0.05) is 51.9 Å². The van der Waals surface area contributed by atoms with Crippen LogP contribution in [0.2, 0.25) is 0 Å². The van der Waals surface area contributed by atoms with Gasteiger partial charge < -0.3 is 11.1 Å². The summed E-state index contributed by atoms with van der Waals surface area (Å²) in [6.07, 6.45) is 0.0154. The molecule has 0 saturated heterocycles. The van der Waals surface area contributed by atoms with E-state index in [2.05, 4.69) is 34.6 Å². The minimum Gasteiger partial charge on any atom is -0.369 e. The Labute approximate surface area is 120 Å². The molecule has 3 N–H and O–H groups in total. The number of hydrogen-bond acceptors (Lipinski definition) is 1.